The van der Waals surface area contributed by atoms with Crippen LogP contribution in [0.2, 0.25) is 0 Å². The molecule has 2 heterocycles. The third kappa shape index (κ3) is 8.18. The van der Waals surface area contributed by atoms with Gasteiger partial charge in [-0.2, -0.15) is 4.31 Å². The number of benzene rings is 2. The molecule has 10 nitrogen and oxygen atoms in total. The van der Waals surface area contributed by atoms with Crippen LogP contribution in [0.5, 0.6) is 5.75 Å². The van der Waals surface area contributed by atoms with Crippen molar-refractivity contribution in [3.05, 3.63) is 84.2 Å². The summed E-state index contributed by atoms with van der Waals surface area (Å²) in [6.07, 6.45) is -1.35. The SMILES string of the molecule is CCCc1ccc(CNC(O)[C@H]2CN(C(=O)Nc3ccncc3)CCN2S(=O)(=O)c2ccc(OC(F)(F)F)cc2)cc1. The molecule has 1 aliphatic rings. The lowest BCUT2D eigenvalue weighted by molar-refractivity contribution is -0.274. The zero-order chi connectivity index (χ0) is 30.3. The molecule has 3 aromatic rings. The molecule has 2 aromatic carbocycles. The van der Waals surface area contributed by atoms with Crippen LogP contribution in [-0.2, 0) is 23.0 Å². The van der Waals surface area contributed by atoms with E-state index >= 15 is 0 Å². The number of nitrogens with zero attached hydrogens (tertiary/aromatic N) is 3. The van der Waals surface area contributed by atoms with E-state index < -0.39 is 40.4 Å². The quantitative estimate of drug-likeness (QED) is 0.298. The highest BCUT2D eigenvalue weighted by Crippen LogP contribution is 2.27. The number of aromatic nitrogens is 1. The molecular formula is C28H32F3N5O5S. The van der Waals surface area contributed by atoms with E-state index in [-0.39, 0.29) is 31.1 Å². The smallest absolute Gasteiger partial charge is 0.406 e. The summed E-state index contributed by atoms with van der Waals surface area (Å²) in [4.78, 5) is 18.0. The Morgan fingerprint density at radius 3 is 2.31 bits per heavy atom. The van der Waals surface area contributed by atoms with Crippen molar-refractivity contribution in [1.82, 2.24) is 19.5 Å². The van der Waals surface area contributed by atoms with Gasteiger partial charge in [0, 0.05) is 44.3 Å². The van der Waals surface area contributed by atoms with Crippen molar-refractivity contribution in [3.8, 4) is 5.75 Å². The molecular weight excluding hydrogens is 575 g/mol. The van der Waals surface area contributed by atoms with E-state index in [1.165, 1.54) is 22.9 Å². The van der Waals surface area contributed by atoms with Gasteiger partial charge in [-0.25, -0.2) is 13.2 Å². The van der Waals surface area contributed by atoms with Gasteiger partial charge in [-0.3, -0.25) is 10.3 Å². The third-order valence-corrected chi connectivity index (χ3v) is 8.63. The number of piperazine rings is 1. The Balaban J connectivity index is 1.53. The van der Waals surface area contributed by atoms with E-state index in [0.29, 0.717) is 5.69 Å². The largest absolute Gasteiger partial charge is 0.573 e. The average molecular weight is 608 g/mol. The molecule has 42 heavy (non-hydrogen) atoms. The summed E-state index contributed by atoms with van der Waals surface area (Å²) in [5, 5.41) is 16.9. The van der Waals surface area contributed by atoms with Crippen LogP contribution in [0.15, 0.2) is 78.0 Å². The van der Waals surface area contributed by atoms with E-state index in [1.807, 2.05) is 24.3 Å². The van der Waals surface area contributed by atoms with Crippen molar-refractivity contribution in [2.75, 3.05) is 25.0 Å². The highest BCUT2D eigenvalue weighted by Gasteiger charge is 2.41. The first-order valence-electron chi connectivity index (χ1n) is 13.3. The number of aryl methyl sites for hydroxylation is 1. The van der Waals surface area contributed by atoms with Gasteiger partial charge in [0.25, 0.3) is 0 Å². The summed E-state index contributed by atoms with van der Waals surface area (Å²) >= 11 is 0. The molecule has 1 aliphatic heterocycles. The zero-order valence-electron chi connectivity index (χ0n) is 22.8. The summed E-state index contributed by atoms with van der Waals surface area (Å²) in [5.74, 6) is -0.567. The predicted octanol–water partition coefficient (Wildman–Crippen LogP) is 3.95. The molecule has 4 rings (SSSR count). The van der Waals surface area contributed by atoms with Crippen LogP contribution in [0, 0.1) is 0 Å². The first kappa shape index (κ1) is 31.2. The number of ether oxygens (including phenoxy) is 1. The van der Waals surface area contributed by atoms with E-state index in [2.05, 4.69) is 27.3 Å². The van der Waals surface area contributed by atoms with Gasteiger partial charge in [-0.1, -0.05) is 37.6 Å². The molecule has 226 valence electrons. The molecule has 1 saturated heterocycles. The Bertz CT molecular complexity index is 1430. The second-order valence-electron chi connectivity index (χ2n) is 9.71. The normalized spacial score (nSPS) is 17.1. The maximum Gasteiger partial charge on any atom is 0.573 e. The molecule has 3 N–H and O–H groups in total. The van der Waals surface area contributed by atoms with Crippen molar-refractivity contribution in [2.45, 2.75) is 49.8 Å². The van der Waals surface area contributed by atoms with Gasteiger partial charge < -0.3 is 20.1 Å². The Morgan fingerprint density at radius 1 is 1.05 bits per heavy atom. The fourth-order valence-electron chi connectivity index (χ4n) is 4.59. The first-order chi connectivity index (χ1) is 20.0. The number of rotatable bonds is 10. The predicted molar refractivity (Wildman–Crippen MR) is 149 cm³/mol. The summed E-state index contributed by atoms with van der Waals surface area (Å²) in [6.45, 7) is 2.00. The second-order valence-corrected chi connectivity index (χ2v) is 11.6. The van der Waals surface area contributed by atoms with Gasteiger partial charge in [0.05, 0.1) is 10.9 Å². The van der Waals surface area contributed by atoms with Crippen LogP contribution in [-0.4, -0.2) is 72.0 Å². The summed E-state index contributed by atoms with van der Waals surface area (Å²) < 4.78 is 69.9. The number of aliphatic hydroxyl groups excluding tert-OH is 1. The highest BCUT2D eigenvalue weighted by molar-refractivity contribution is 7.89. The molecule has 1 unspecified atom stereocenters. The molecule has 0 spiro atoms. The number of halogens is 3. The molecule has 14 heteroatoms. The fraction of sp³-hybridized carbons (Fsp3) is 0.357. The minimum Gasteiger partial charge on any atom is -0.406 e. The molecule has 1 aromatic heterocycles. The van der Waals surface area contributed by atoms with Gasteiger partial charge in [0.15, 0.2) is 0 Å². The molecule has 0 bridgehead atoms. The maximum absolute atomic E-state index is 13.6. The minimum absolute atomic E-state index is 0.00747. The summed E-state index contributed by atoms with van der Waals surface area (Å²) in [7, 11) is -4.29. The van der Waals surface area contributed by atoms with Crippen LogP contribution in [0.25, 0.3) is 0 Å². The average Bonchev–Trinajstić information content (AvgIpc) is 2.96. The monoisotopic (exact) mass is 607 g/mol. The number of anilines is 1. The molecule has 2 amide bonds. The molecule has 0 radical (unpaired) electrons. The van der Waals surface area contributed by atoms with Crippen molar-refractivity contribution in [2.24, 2.45) is 0 Å². The number of pyridine rings is 1. The van der Waals surface area contributed by atoms with Gasteiger partial charge >= 0.3 is 12.4 Å². The highest BCUT2D eigenvalue weighted by atomic mass is 32.2. The number of nitrogens with one attached hydrogen (secondary N) is 2. The Kier molecular flexibility index (Phi) is 10.0. The molecule has 0 saturated carbocycles. The Hall–Kier alpha value is -3.72. The van der Waals surface area contributed by atoms with Crippen LogP contribution >= 0.6 is 0 Å². The topological polar surface area (TPSA) is 124 Å². The van der Waals surface area contributed by atoms with E-state index in [4.69, 9.17) is 0 Å². The number of alkyl halides is 3. The van der Waals surface area contributed by atoms with Gasteiger partial charge in [-0.05, 0) is 53.9 Å². The Morgan fingerprint density at radius 2 is 1.69 bits per heavy atom. The molecule has 0 aliphatic carbocycles. The van der Waals surface area contributed by atoms with Gasteiger partial charge in [-0.15, -0.1) is 13.2 Å². The minimum atomic E-state index is -4.93. The van der Waals surface area contributed by atoms with Crippen molar-refractivity contribution >= 4 is 21.7 Å². The van der Waals surface area contributed by atoms with Crippen LogP contribution < -0.4 is 15.4 Å². The number of carbonyl (C=O) groups is 1. The summed E-state index contributed by atoms with van der Waals surface area (Å²) in [6, 6.07) is 13.2. The van der Waals surface area contributed by atoms with Crippen molar-refractivity contribution < 1.29 is 36.2 Å². The van der Waals surface area contributed by atoms with Crippen molar-refractivity contribution in [3.63, 3.8) is 0 Å². The number of amides is 2. The van der Waals surface area contributed by atoms with Gasteiger partial charge in [0.2, 0.25) is 10.0 Å². The number of hydrogen-bond acceptors (Lipinski definition) is 7. The summed E-state index contributed by atoms with van der Waals surface area (Å²) in [5.41, 5.74) is 2.54. The molecule has 2 atom stereocenters. The van der Waals surface area contributed by atoms with Crippen molar-refractivity contribution in [1.29, 1.82) is 0 Å². The standard InChI is InChI=1S/C28H32F3N5O5S/c1-2-3-20-4-6-21(7-5-20)18-33-26(37)25-19-35(27(38)34-22-12-14-32-15-13-22)16-17-36(25)42(39,40)24-10-8-23(9-11-24)41-28(29,30)31/h4-15,25-26,33,37H,2-3,16-19H2,1H3,(H,32,34,38)/t25-,26?/m1/s1. The fourth-order valence-corrected chi connectivity index (χ4v) is 6.20. The maximum atomic E-state index is 13.6. The van der Waals surface area contributed by atoms with Crippen LogP contribution in [0.4, 0.5) is 23.7 Å². The third-order valence-electron chi connectivity index (χ3n) is 6.69. The lowest BCUT2D eigenvalue weighted by Gasteiger charge is -2.42. The number of aliphatic hydroxyl groups is 1. The van der Waals surface area contributed by atoms with E-state index in [9.17, 15) is 31.5 Å². The van der Waals surface area contributed by atoms with Gasteiger partial charge in [0.1, 0.15) is 12.0 Å². The first-order valence-corrected chi connectivity index (χ1v) is 14.7. The Labute approximate surface area is 242 Å². The van der Waals surface area contributed by atoms with Crippen LogP contribution in [0.1, 0.15) is 24.5 Å². The number of carbonyl (C=O) groups excluding carboxylic acids is 1. The number of sulfonamides is 1. The number of urea groups is 1. The van der Waals surface area contributed by atoms with E-state index in [0.717, 1.165) is 47.0 Å². The van der Waals surface area contributed by atoms with Crippen LogP contribution in [0.3, 0.4) is 0 Å². The zero-order valence-corrected chi connectivity index (χ0v) is 23.6. The lowest BCUT2D eigenvalue weighted by Crippen LogP contribution is -2.63. The number of hydrogen-bond donors (Lipinski definition) is 3. The lowest BCUT2D eigenvalue weighted by atomic mass is 10.1. The molecule has 1 fully saturated rings. The second kappa shape index (κ2) is 13.5. The van der Waals surface area contributed by atoms with E-state index in [1.54, 1.807) is 12.1 Å².